The zero-order valence-electron chi connectivity index (χ0n) is 10.1. The van der Waals surface area contributed by atoms with E-state index in [1.54, 1.807) is 30.3 Å². The van der Waals surface area contributed by atoms with Gasteiger partial charge in [-0.15, -0.1) is 0 Å². The van der Waals surface area contributed by atoms with E-state index in [-0.39, 0.29) is 11.3 Å². The van der Waals surface area contributed by atoms with E-state index in [1.165, 1.54) is 0 Å². The maximum atomic E-state index is 12.0. The average molecular weight is 293 g/mol. The Hall–Kier alpha value is -2.38. The summed E-state index contributed by atoms with van der Waals surface area (Å²) in [6, 6.07) is 11.4. The van der Waals surface area contributed by atoms with Crippen LogP contribution in [-0.4, -0.2) is 24.0 Å². The fraction of sp³-hybridized carbons (Fsp3) is 0. The minimum absolute atomic E-state index is 0.246. The summed E-state index contributed by atoms with van der Waals surface area (Å²) in [5.74, 6) is -1.06. The number of aromatic hydroxyl groups is 1. The molecule has 0 spiro atoms. The number of anilines is 1. The second-order valence-electron chi connectivity index (χ2n) is 3.97. The van der Waals surface area contributed by atoms with Crippen molar-refractivity contribution in [3.05, 3.63) is 54.1 Å². The van der Waals surface area contributed by atoms with E-state index in [0.717, 1.165) is 18.2 Å². The van der Waals surface area contributed by atoms with Crippen LogP contribution in [-0.2, 0) is 10.1 Å². The monoisotopic (exact) mass is 293 g/mol. The standard InChI is InChI=1S/C13H11NO5S/c15-12-7-6-10(20(17,18)19)8-11(12)13(16)14-9-4-2-1-3-5-9/h1-8,15H,(H,14,16)(H,17,18,19). The largest absolute Gasteiger partial charge is 0.507 e. The summed E-state index contributed by atoms with van der Waals surface area (Å²) >= 11 is 0. The summed E-state index contributed by atoms with van der Waals surface area (Å²) in [7, 11) is -4.44. The first-order valence-electron chi connectivity index (χ1n) is 5.55. The van der Waals surface area contributed by atoms with Crippen LogP contribution in [0.25, 0.3) is 0 Å². The lowest BCUT2D eigenvalue weighted by atomic mass is 10.2. The summed E-state index contributed by atoms with van der Waals surface area (Å²) in [6.45, 7) is 0. The third kappa shape index (κ3) is 3.14. The molecule has 3 N–H and O–H groups in total. The molecule has 0 radical (unpaired) electrons. The van der Waals surface area contributed by atoms with E-state index in [0.29, 0.717) is 5.69 Å². The maximum absolute atomic E-state index is 12.0. The van der Waals surface area contributed by atoms with Gasteiger partial charge in [0.25, 0.3) is 16.0 Å². The molecule has 0 bridgehead atoms. The van der Waals surface area contributed by atoms with Gasteiger partial charge < -0.3 is 10.4 Å². The van der Waals surface area contributed by atoms with Gasteiger partial charge in [0.2, 0.25) is 0 Å². The van der Waals surface area contributed by atoms with Crippen LogP contribution in [0.1, 0.15) is 10.4 Å². The number of phenolic OH excluding ortho intramolecular Hbond substituents is 1. The molecule has 2 aromatic rings. The molecule has 0 unspecified atom stereocenters. The lowest BCUT2D eigenvalue weighted by Crippen LogP contribution is -2.13. The van der Waals surface area contributed by atoms with Gasteiger partial charge in [-0.25, -0.2) is 0 Å². The second kappa shape index (κ2) is 5.32. The van der Waals surface area contributed by atoms with Crippen molar-refractivity contribution in [1.82, 2.24) is 0 Å². The van der Waals surface area contributed by atoms with Crippen LogP contribution < -0.4 is 5.32 Å². The molecule has 7 heteroatoms. The molecule has 104 valence electrons. The van der Waals surface area contributed by atoms with E-state index in [4.69, 9.17) is 4.55 Å². The number of nitrogens with one attached hydrogen (secondary N) is 1. The van der Waals surface area contributed by atoms with Crippen LogP contribution in [0.2, 0.25) is 0 Å². The van der Waals surface area contributed by atoms with Gasteiger partial charge in [-0.2, -0.15) is 8.42 Å². The number of hydrogen-bond acceptors (Lipinski definition) is 4. The van der Waals surface area contributed by atoms with Gasteiger partial charge in [0, 0.05) is 5.69 Å². The van der Waals surface area contributed by atoms with Gasteiger partial charge in [-0.05, 0) is 30.3 Å². The Morgan fingerprint density at radius 3 is 2.30 bits per heavy atom. The summed E-state index contributed by atoms with van der Waals surface area (Å²) in [6.07, 6.45) is 0. The zero-order chi connectivity index (χ0) is 14.8. The number of para-hydroxylation sites is 1. The van der Waals surface area contributed by atoms with Crippen LogP contribution in [0, 0.1) is 0 Å². The summed E-state index contributed by atoms with van der Waals surface area (Å²) < 4.78 is 31.0. The molecule has 0 aliphatic rings. The first-order chi connectivity index (χ1) is 9.38. The molecule has 2 rings (SSSR count). The van der Waals surface area contributed by atoms with Crippen molar-refractivity contribution in [3.8, 4) is 5.75 Å². The average Bonchev–Trinajstić information content (AvgIpc) is 2.39. The lowest BCUT2D eigenvalue weighted by Gasteiger charge is -2.07. The number of carbonyl (C=O) groups excluding carboxylic acids is 1. The third-order valence-corrected chi connectivity index (χ3v) is 3.39. The molecule has 2 aromatic carbocycles. The molecule has 0 saturated heterocycles. The molecular formula is C13H11NO5S. The van der Waals surface area contributed by atoms with Crippen molar-refractivity contribution < 1.29 is 22.9 Å². The molecule has 0 heterocycles. The Kier molecular flexibility index (Phi) is 3.73. The maximum Gasteiger partial charge on any atom is 0.294 e. The van der Waals surface area contributed by atoms with Crippen LogP contribution in [0.3, 0.4) is 0 Å². The Balaban J connectivity index is 2.35. The Labute approximate surface area is 115 Å². The highest BCUT2D eigenvalue weighted by Crippen LogP contribution is 2.22. The van der Waals surface area contributed by atoms with Gasteiger partial charge in [0.05, 0.1) is 10.5 Å². The van der Waals surface area contributed by atoms with E-state index < -0.39 is 20.9 Å². The molecule has 20 heavy (non-hydrogen) atoms. The number of amides is 1. The molecule has 0 saturated carbocycles. The highest BCUT2D eigenvalue weighted by atomic mass is 32.2. The highest BCUT2D eigenvalue weighted by molar-refractivity contribution is 7.85. The number of rotatable bonds is 3. The van der Waals surface area contributed by atoms with Crippen molar-refractivity contribution in [2.45, 2.75) is 4.90 Å². The molecule has 6 nitrogen and oxygen atoms in total. The smallest absolute Gasteiger partial charge is 0.294 e. The van der Waals surface area contributed by atoms with Gasteiger partial charge in [0.15, 0.2) is 0 Å². The molecule has 1 amide bonds. The van der Waals surface area contributed by atoms with Crippen molar-refractivity contribution >= 4 is 21.7 Å². The van der Waals surface area contributed by atoms with Crippen molar-refractivity contribution in [3.63, 3.8) is 0 Å². The predicted molar refractivity (Wildman–Crippen MR) is 72.3 cm³/mol. The number of benzene rings is 2. The molecule has 0 aliphatic heterocycles. The van der Waals surface area contributed by atoms with Gasteiger partial charge in [0.1, 0.15) is 5.75 Å². The van der Waals surface area contributed by atoms with Crippen LogP contribution >= 0.6 is 0 Å². The van der Waals surface area contributed by atoms with Crippen LogP contribution in [0.5, 0.6) is 5.75 Å². The van der Waals surface area contributed by atoms with E-state index >= 15 is 0 Å². The van der Waals surface area contributed by atoms with E-state index in [2.05, 4.69) is 5.32 Å². The molecule has 0 fully saturated rings. The Morgan fingerprint density at radius 2 is 1.70 bits per heavy atom. The first-order valence-corrected chi connectivity index (χ1v) is 6.99. The van der Waals surface area contributed by atoms with Gasteiger partial charge in [-0.3, -0.25) is 9.35 Å². The van der Waals surface area contributed by atoms with Crippen LogP contribution in [0.15, 0.2) is 53.4 Å². The van der Waals surface area contributed by atoms with E-state index in [9.17, 15) is 18.3 Å². The summed E-state index contributed by atoms with van der Waals surface area (Å²) in [5, 5.41) is 12.1. The SMILES string of the molecule is O=C(Nc1ccccc1)c1cc(S(=O)(=O)O)ccc1O. The second-order valence-corrected chi connectivity index (χ2v) is 5.40. The van der Waals surface area contributed by atoms with Gasteiger partial charge in [-0.1, -0.05) is 18.2 Å². The normalized spacial score (nSPS) is 11.1. The minimum atomic E-state index is -4.44. The van der Waals surface area contributed by atoms with Gasteiger partial charge >= 0.3 is 0 Å². The molecule has 0 atom stereocenters. The first kappa shape index (κ1) is 14.0. The minimum Gasteiger partial charge on any atom is -0.507 e. The topological polar surface area (TPSA) is 104 Å². The number of carbonyl (C=O) groups is 1. The van der Waals surface area contributed by atoms with Crippen LogP contribution in [0.4, 0.5) is 5.69 Å². The quantitative estimate of drug-likeness (QED) is 0.750. The molecule has 0 aromatic heterocycles. The number of hydrogen-bond donors (Lipinski definition) is 3. The zero-order valence-corrected chi connectivity index (χ0v) is 11.0. The summed E-state index contributed by atoms with van der Waals surface area (Å²) in [4.78, 5) is 11.5. The molecular weight excluding hydrogens is 282 g/mol. The van der Waals surface area contributed by atoms with Crippen molar-refractivity contribution in [1.29, 1.82) is 0 Å². The molecule has 0 aliphatic carbocycles. The van der Waals surface area contributed by atoms with E-state index in [1.807, 2.05) is 0 Å². The fourth-order valence-corrected chi connectivity index (χ4v) is 2.08. The Bertz CT molecular complexity index is 741. The lowest BCUT2D eigenvalue weighted by molar-refractivity contribution is 0.102. The Morgan fingerprint density at radius 1 is 1.05 bits per heavy atom. The number of phenols is 1. The summed E-state index contributed by atoms with van der Waals surface area (Å²) in [5.41, 5.74) is 0.248. The third-order valence-electron chi connectivity index (χ3n) is 2.54. The predicted octanol–water partition coefficient (Wildman–Crippen LogP) is 1.89. The fourth-order valence-electron chi connectivity index (χ4n) is 1.58. The van der Waals surface area contributed by atoms with Crippen molar-refractivity contribution in [2.24, 2.45) is 0 Å². The highest BCUT2D eigenvalue weighted by Gasteiger charge is 2.17. The van der Waals surface area contributed by atoms with Crippen molar-refractivity contribution in [2.75, 3.05) is 5.32 Å².